The van der Waals surface area contributed by atoms with E-state index in [1.165, 1.54) is 12.7 Å². The van der Waals surface area contributed by atoms with Gasteiger partial charge in [-0.15, -0.1) is 0 Å². The van der Waals surface area contributed by atoms with Crippen LogP contribution in [0.5, 0.6) is 17.2 Å². The molecular weight excluding hydrogens is 346 g/mol. The molecule has 6 heteroatoms. The first-order valence-corrected chi connectivity index (χ1v) is 8.35. The average molecular weight is 366 g/mol. The molecule has 0 saturated heterocycles. The lowest BCUT2D eigenvalue weighted by atomic mass is 10.2. The van der Waals surface area contributed by atoms with Crippen molar-refractivity contribution < 1.29 is 14.2 Å². The highest BCUT2D eigenvalue weighted by Crippen LogP contribution is 2.36. The largest absolute Gasteiger partial charge is 0.493 e. The van der Waals surface area contributed by atoms with Gasteiger partial charge >= 0.3 is 0 Å². The summed E-state index contributed by atoms with van der Waals surface area (Å²) in [5.41, 5.74) is 7.52. The first kappa shape index (κ1) is 18.4. The predicted molar refractivity (Wildman–Crippen MR) is 101 cm³/mol. The molecule has 128 valence electrons. The summed E-state index contributed by atoms with van der Waals surface area (Å²) in [6.07, 6.45) is 1.00. The average Bonchev–Trinajstić information content (AvgIpc) is 2.59. The van der Waals surface area contributed by atoms with Gasteiger partial charge < -0.3 is 19.9 Å². The number of thiocarbonyl (C=S) groups is 1. The van der Waals surface area contributed by atoms with Gasteiger partial charge in [-0.1, -0.05) is 42.9 Å². The van der Waals surface area contributed by atoms with Crippen LogP contribution < -0.4 is 19.9 Å². The van der Waals surface area contributed by atoms with Crippen LogP contribution in [0, 0.1) is 0 Å². The summed E-state index contributed by atoms with van der Waals surface area (Å²) in [6, 6.07) is 11.3. The van der Waals surface area contributed by atoms with Gasteiger partial charge in [0, 0.05) is 5.56 Å². The van der Waals surface area contributed by atoms with E-state index in [0.717, 1.165) is 12.2 Å². The van der Waals surface area contributed by atoms with Crippen molar-refractivity contribution in [2.24, 2.45) is 5.73 Å². The van der Waals surface area contributed by atoms with Gasteiger partial charge in [0.05, 0.1) is 12.1 Å². The smallest absolute Gasteiger partial charge is 0.179 e. The van der Waals surface area contributed by atoms with Crippen LogP contribution in [-0.4, -0.2) is 25.3 Å². The van der Waals surface area contributed by atoms with Gasteiger partial charge in [0.2, 0.25) is 0 Å². The molecule has 0 atom stereocenters. The minimum atomic E-state index is 0.251. The van der Waals surface area contributed by atoms with Crippen LogP contribution in [0.2, 0.25) is 5.02 Å². The number of nitrogens with two attached hydrogens (primary N) is 1. The molecule has 0 aliphatic carbocycles. The fourth-order valence-electron chi connectivity index (χ4n) is 2.13. The fraction of sp³-hybridized carbons (Fsp3) is 0.278. The second-order valence-electron chi connectivity index (χ2n) is 5.05. The van der Waals surface area contributed by atoms with Gasteiger partial charge in [0.15, 0.2) is 11.5 Å². The SMILES string of the molecule is CCc1ccc(OCCOc2c(Cl)cc(C(N)=S)cc2OC)cc1. The molecule has 0 aliphatic rings. The molecule has 0 radical (unpaired) electrons. The molecule has 0 amide bonds. The van der Waals surface area contributed by atoms with E-state index in [9.17, 15) is 0 Å². The van der Waals surface area contributed by atoms with E-state index in [-0.39, 0.29) is 4.99 Å². The molecule has 0 bridgehead atoms. The van der Waals surface area contributed by atoms with Crippen LogP contribution in [0.15, 0.2) is 36.4 Å². The second kappa shape index (κ2) is 8.76. The van der Waals surface area contributed by atoms with Crippen LogP contribution in [0.3, 0.4) is 0 Å². The molecule has 0 spiro atoms. The van der Waals surface area contributed by atoms with E-state index in [4.69, 9.17) is 43.8 Å². The van der Waals surface area contributed by atoms with Crippen molar-refractivity contribution in [2.75, 3.05) is 20.3 Å². The molecule has 2 N–H and O–H groups in total. The second-order valence-corrected chi connectivity index (χ2v) is 5.90. The molecule has 0 saturated carbocycles. The number of benzene rings is 2. The van der Waals surface area contributed by atoms with Crippen molar-refractivity contribution in [1.82, 2.24) is 0 Å². The third kappa shape index (κ3) is 4.76. The van der Waals surface area contributed by atoms with E-state index in [1.807, 2.05) is 24.3 Å². The number of ether oxygens (including phenoxy) is 3. The van der Waals surface area contributed by atoms with Gasteiger partial charge in [0.1, 0.15) is 24.0 Å². The number of halogens is 1. The van der Waals surface area contributed by atoms with Gasteiger partial charge in [0.25, 0.3) is 0 Å². The van der Waals surface area contributed by atoms with Crippen LogP contribution in [0.4, 0.5) is 0 Å². The maximum Gasteiger partial charge on any atom is 0.179 e. The van der Waals surface area contributed by atoms with Crippen molar-refractivity contribution in [3.05, 3.63) is 52.5 Å². The minimum absolute atomic E-state index is 0.251. The number of hydrogen-bond acceptors (Lipinski definition) is 4. The molecule has 24 heavy (non-hydrogen) atoms. The van der Waals surface area contributed by atoms with Crippen LogP contribution in [0.25, 0.3) is 0 Å². The summed E-state index contributed by atoms with van der Waals surface area (Å²) in [6.45, 7) is 2.84. The molecule has 2 aromatic rings. The van der Waals surface area contributed by atoms with Crippen LogP contribution in [-0.2, 0) is 6.42 Å². The summed E-state index contributed by atoms with van der Waals surface area (Å²) in [5, 5.41) is 0.393. The molecule has 0 unspecified atom stereocenters. The lowest BCUT2D eigenvalue weighted by Crippen LogP contribution is -2.12. The number of rotatable bonds is 8. The lowest BCUT2D eigenvalue weighted by Gasteiger charge is -2.14. The van der Waals surface area contributed by atoms with Crippen molar-refractivity contribution in [3.63, 3.8) is 0 Å². The summed E-state index contributed by atoms with van der Waals surface area (Å²) in [5.74, 6) is 1.74. The van der Waals surface area contributed by atoms with Crippen LogP contribution >= 0.6 is 23.8 Å². The van der Waals surface area contributed by atoms with Crippen LogP contribution in [0.1, 0.15) is 18.1 Å². The van der Waals surface area contributed by atoms with E-state index in [1.54, 1.807) is 12.1 Å². The highest BCUT2D eigenvalue weighted by Gasteiger charge is 2.13. The highest BCUT2D eigenvalue weighted by atomic mass is 35.5. The molecule has 4 nitrogen and oxygen atoms in total. The first-order chi connectivity index (χ1) is 11.5. The van der Waals surface area contributed by atoms with Gasteiger partial charge in [-0.2, -0.15) is 0 Å². The summed E-state index contributed by atoms with van der Waals surface area (Å²) < 4.78 is 16.6. The summed E-state index contributed by atoms with van der Waals surface area (Å²) in [4.78, 5) is 0.251. The van der Waals surface area contributed by atoms with Crippen molar-refractivity contribution >= 4 is 28.8 Å². The number of aryl methyl sites for hydroxylation is 1. The lowest BCUT2D eigenvalue weighted by molar-refractivity contribution is 0.211. The van der Waals surface area contributed by atoms with Crippen molar-refractivity contribution in [1.29, 1.82) is 0 Å². The molecule has 0 fully saturated rings. The zero-order chi connectivity index (χ0) is 17.5. The van der Waals surface area contributed by atoms with Gasteiger partial charge in [-0.05, 0) is 36.2 Å². The first-order valence-electron chi connectivity index (χ1n) is 7.57. The third-order valence-corrected chi connectivity index (χ3v) is 3.96. The molecular formula is C18H20ClNO3S. The molecule has 0 aromatic heterocycles. The monoisotopic (exact) mass is 365 g/mol. The normalized spacial score (nSPS) is 10.3. The summed E-state index contributed by atoms with van der Waals surface area (Å²) >= 11 is 11.2. The Hall–Kier alpha value is -1.98. The number of methoxy groups -OCH3 is 1. The Bertz CT molecular complexity index is 704. The van der Waals surface area contributed by atoms with Crippen molar-refractivity contribution in [2.45, 2.75) is 13.3 Å². The van der Waals surface area contributed by atoms with E-state index in [0.29, 0.717) is 35.3 Å². The van der Waals surface area contributed by atoms with E-state index in [2.05, 4.69) is 6.92 Å². The zero-order valence-electron chi connectivity index (χ0n) is 13.7. The van der Waals surface area contributed by atoms with E-state index >= 15 is 0 Å². The Morgan fingerprint density at radius 1 is 1.12 bits per heavy atom. The van der Waals surface area contributed by atoms with Gasteiger partial charge in [-0.3, -0.25) is 0 Å². The molecule has 0 heterocycles. The Kier molecular flexibility index (Phi) is 6.70. The highest BCUT2D eigenvalue weighted by molar-refractivity contribution is 7.80. The quantitative estimate of drug-likeness (QED) is 0.566. The zero-order valence-corrected chi connectivity index (χ0v) is 15.2. The van der Waals surface area contributed by atoms with Crippen molar-refractivity contribution in [3.8, 4) is 17.2 Å². The number of hydrogen-bond donors (Lipinski definition) is 1. The molecule has 2 rings (SSSR count). The fourth-order valence-corrected chi connectivity index (χ4v) is 2.51. The molecule has 0 aliphatic heterocycles. The topological polar surface area (TPSA) is 53.7 Å². The Morgan fingerprint density at radius 2 is 1.79 bits per heavy atom. The molecule has 2 aromatic carbocycles. The standard InChI is InChI=1S/C18H20ClNO3S/c1-3-12-4-6-14(7-5-12)22-8-9-23-17-15(19)10-13(18(20)24)11-16(17)21-2/h4-7,10-11H,3,8-9H2,1-2H3,(H2,20,24). The minimum Gasteiger partial charge on any atom is -0.493 e. The maximum atomic E-state index is 6.23. The van der Waals surface area contributed by atoms with E-state index < -0.39 is 0 Å². The Labute approximate surface area is 152 Å². The Balaban J connectivity index is 1.95. The maximum absolute atomic E-state index is 6.23. The Morgan fingerprint density at radius 3 is 2.38 bits per heavy atom. The third-order valence-electron chi connectivity index (χ3n) is 3.44. The van der Waals surface area contributed by atoms with Gasteiger partial charge in [-0.25, -0.2) is 0 Å². The summed E-state index contributed by atoms with van der Waals surface area (Å²) in [7, 11) is 1.54. The predicted octanol–water partition coefficient (Wildman–Crippen LogP) is 4.00.